The first-order valence-electron chi connectivity index (χ1n) is 8.21. The molecular formula is C18H24N4O. The topological polar surface area (TPSA) is 84.1 Å². The van der Waals surface area contributed by atoms with Gasteiger partial charge in [-0.2, -0.15) is 4.98 Å². The zero-order valence-electron chi connectivity index (χ0n) is 13.5. The Hall–Kier alpha value is -2.14. The van der Waals surface area contributed by atoms with Gasteiger partial charge in [0.2, 0.25) is 5.95 Å². The van der Waals surface area contributed by atoms with E-state index in [1.165, 1.54) is 11.1 Å². The monoisotopic (exact) mass is 312 g/mol. The fraction of sp³-hybridized carbons (Fsp3) is 0.444. The number of nitrogens with zero attached hydrogens (tertiary/aromatic N) is 2. The number of nitrogens with two attached hydrogens (primary N) is 1. The number of nitrogen functional groups attached to an aromatic ring is 1. The summed E-state index contributed by atoms with van der Waals surface area (Å²) in [6.07, 6.45) is 6.01. The predicted octanol–water partition coefficient (Wildman–Crippen LogP) is 2.67. The van der Waals surface area contributed by atoms with Crippen LogP contribution in [0.25, 0.3) is 0 Å². The van der Waals surface area contributed by atoms with Crippen LogP contribution >= 0.6 is 0 Å². The van der Waals surface area contributed by atoms with Crippen molar-refractivity contribution in [1.82, 2.24) is 9.97 Å². The van der Waals surface area contributed by atoms with Crippen molar-refractivity contribution in [2.24, 2.45) is 0 Å². The van der Waals surface area contributed by atoms with Gasteiger partial charge in [-0.3, -0.25) is 0 Å². The number of nitrogens with one attached hydrogen (secondary N) is 1. The molecule has 0 unspecified atom stereocenters. The lowest BCUT2D eigenvalue weighted by Crippen LogP contribution is -2.29. The van der Waals surface area contributed by atoms with Gasteiger partial charge in [0, 0.05) is 24.2 Å². The summed E-state index contributed by atoms with van der Waals surface area (Å²) >= 11 is 0. The number of hydrogen-bond acceptors (Lipinski definition) is 5. The maximum atomic E-state index is 9.64. The standard InChI is InChI=1S/C18H24N4O/c1-12-2-4-13(5-3-12)10-14-11-20-18(19)22-17(14)21-15-6-8-16(23)9-7-15/h2-5,11,15-16,23H,6-10H2,1H3,(H3,19,20,21,22)/t15-,16-. The molecule has 5 nitrogen and oxygen atoms in total. The van der Waals surface area contributed by atoms with Crippen LogP contribution in [0, 0.1) is 6.92 Å². The highest BCUT2D eigenvalue weighted by atomic mass is 16.3. The second kappa shape index (κ2) is 6.96. The van der Waals surface area contributed by atoms with Gasteiger partial charge in [0.1, 0.15) is 5.82 Å². The molecule has 23 heavy (non-hydrogen) atoms. The summed E-state index contributed by atoms with van der Waals surface area (Å²) in [5.41, 5.74) is 9.30. The SMILES string of the molecule is Cc1ccc(Cc2cnc(N)nc2N[C@H]2CC[C@H](O)CC2)cc1. The fourth-order valence-electron chi connectivity index (χ4n) is 3.01. The molecule has 1 fully saturated rings. The molecule has 0 bridgehead atoms. The molecule has 5 heteroatoms. The van der Waals surface area contributed by atoms with Gasteiger partial charge in [0.15, 0.2) is 0 Å². The highest BCUT2D eigenvalue weighted by Crippen LogP contribution is 2.24. The van der Waals surface area contributed by atoms with Crippen LogP contribution in [0.2, 0.25) is 0 Å². The zero-order valence-corrected chi connectivity index (χ0v) is 13.5. The molecule has 1 saturated carbocycles. The molecule has 0 spiro atoms. The maximum Gasteiger partial charge on any atom is 0.221 e. The Morgan fingerprint density at radius 3 is 2.57 bits per heavy atom. The summed E-state index contributed by atoms with van der Waals surface area (Å²) in [5, 5.41) is 13.1. The van der Waals surface area contributed by atoms with Crippen molar-refractivity contribution < 1.29 is 5.11 Å². The van der Waals surface area contributed by atoms with Crippen LogP contribution in [0.5, 0.6) is 0 Å². The van der Waals surface area contributed by atoms with E-state index in [9.17, 15) is 5.11 Å². The van der Waals surface area contributed by atoms with Crippen LogP contribution in [-0.2, 0) is 6.42 Å². The Kier molecular flexibility index (Phi) is 4.76. The van der Waals surface area contributed by atoms with Gasteiger partial charge in [-0.25, -0.2) is 4.98 Å². The Balaban J connectivity index is 1.76. The first-order chi connectivity index (χ1) is 11.1. The Bertz CT molecular complexity index is 649. The molecule has 1 aromatic heterocycles. The lowest BCUT2D eigenvalue weighted by Gasteiger charge is -2.27. The second-order valence-electron chi connectivity index (χ2n) is 6.41. The van der Waals surface area contributed by atoms with Crippen LogP contribution in [0.4, 0.5) is 11.8 Å². The van der Waals surface area contributed by atoms with Crippen molar-refractivity contribution >= 4 is 11.8 Å². The molecule has 0 aliphatic heterocycles. The van der Waals surface area contributed by atoms with Crippen LogP contribution < -0.4 is 11.1 Å². The Labute approximate surface area is 137 Å². The molecule has 122 valence electrons. The number of aromatic nitrogens is 2. The van der Waals surface area contributed by atoms with Gasteiger partial charge in [-0.1, -0.05) is 29.8 Å². The third-order valence-corrected chi connectivity index (χ3v) is 4.44. The quantitative estimate of drug-likeness (QED) is 0.808. The number of hydrogen-bond donors (Lipinski definition) is 3. The lowest BCUT2D eigenvalue weighted by molar-refractivity contribution is 0.126. The normalized spacial score (nSPS) is 21.1. The number of aliphatic hydroxyl groups is 1. The summed E-state index contributed by atoms with van der Waals surface area (Å²) in [5.74, 6) is 1.11. The minimum atomic E-state index is -0.157. The molecule has 0 radical (unpaired) electrons. The predicted molar refractivity (Wildman–Crippen MR) is 92.3 cm³/mol. The Morgan fingerprint density at radius 2 is 1.87 bits per heavy atom. The third kappa shape index (κ3) is 4.20. The molecule has 0 saturated heterocycles. The van der Waals surface area contributed by atoms with E-state index < -0.39 is 0 Å². The van der Waals surface area contributed by atoms with Gasteiger partial charge in [0.05, 0.1) is 6.10 Å². The average molecular weight is 312 g/mol. The molecular weight excluding hydrogens is 288 g/mol. The first kappa shape index (κ1) is 15.7. The van der Waals surface area contributed by atoms with E-state index in [0.29, 0.717) is 6.04 Å². The van der Waals surface area contributed by atoms with Gasteiger partial charge in [-0.15, -0.1) is 0 Å². The van der Waals surface area contributed by atoms with Crippen molar-refractivity contribution in [3.63, 3.8) is 0 Å². The minimum absolute atomic E-state index is 0.157. The summed E-state index contributed by atoms with van der Waals surface area (Å²) in [6, 6.07) is 8.83. The number of anilines is 2. The maximum absolute atomic E-state index is 9.64. The van der Waals surface area contributed by atoms with Gasteiger partial charge in [-0.05, 0) is 38.2 Å². The number of aryl methyl sites for hydroxylation is 1. The van der Waals surface area contributed by atoms with Crippen LogP contribution in [0.15, 0.2) is 30.5 Å². The van der Waals surface area contributed by atoms with Crippen LogP contribution in [-0.4, -0.2) is 27.2 Å². The van der Waals surface area contributed by atoms with Crippen LogP contribution in [0.1, 0.15) is 42.4 Å². The van der Waals surface area contributed by atoms with Gasteiger partial charge in [0.25, 0.3) is 0 Å². The van der Waals surface area contributed by atoms with Gasteiger partial charge < -0.3 is 16.2 Å². The van der Waals surface area contributed by atoms with E-state index in [1.807, 2.05) is 6.20 Å². The molecule has 0 amide bonds. The summed E-state index contributed by atoms with van der Waals surface area (Å²) in [7, 11) is 0. The molecule has 1 aliphatic rings. The Morgan fingerprint density at radius 1 is 1.17 bits per heavy atom. The molecule has 1 aromatic carbocycles. The third-order valence-electron chi connectivity index (χ3n) is 4.44. The number of rotatable bonds is 4. The van der Waals surface area contributed by atoms with Crippen molar-refractivity contribution in [2.45, 2.75) is 51.2 Å². The van der Waals surface area contributed by atoms with Crippen molar-refractivity contribution in [2.75, 3.05) is 11.1 Å². The zero-order chi connectivity index (χ0) is 16.2. The van der Waals surface area contributed by atoms with Crippen molar-refractivity contribution in [3.8, 4) is 0 Å². The highest BCUT2D eigenvalue weighted by Gasteiger charge is 2.20. The van der Waals surface area contributed by atoms with E-state index in [4.69, 9.17) is 5.73 Å². The minimum Gasteiger partial charge on any atom is -0.393 e. The lowest BCUT2D eigenvalue weighted by atomic mass is 9.93. The second-order valence-corrected chi connectivity index (χ2v) is 6.41. The van der Waals surface area contributed by atoms with E-state index >= 15 is 0 Å². The van der Waals surface area contributed by atoms with E-state index in [1.54, 1.807) is 0 Å². The average Bonchev–Trinajstić information content (AvgIpc) is 2.54. The van der Waals surface area contributed by atoms with Crippen LogP contribution in [0.3, 0.4) is 0 Å². The van der Waals surface area contributed by atoms with E-state index in [2.05, 4.69) is 46.5 Å². The molecule has 1 heterocycles. The summed E-state index contributed by atoms with van der Waals surface area (Å²) in [6.45, 7) is 2.08. The molecule has 1 aliphatic carbocycles. The molecule has 0 atom stereocenters. The molecule has 4 N–H and O–H groups in total. The summed E-state index contributed by atoms with van der Waals surface area (Å²) in [4.78, 5) is 8.54. The first-order valence-corrected chi connectivity index (χ1v) is 8.21. The van der Waals surface area contributed by atoms with E-state index in [-0.39, 0.29) is 12.1 Å². The molecule has 3 rings (SSSR count). The van der Waals surface area contributed by atoms with Crippen molar-refractivity contribution in [1.29, 1.82) is 0 Å². The summed E-state index contributed by atoms with van der Waals surface area (Å²) < 4.78 is 0. The van der Waals surface area contributed by atoms with E-state index in [0.717, 1.165) is 43.5 Å². The number of aliphatic hydroxyl groups excluding tert-OH is 1. The molecule has 2 aromatic rings. The van der Waals surface area contributed by atoms with Crippen molar-refractivity contribution in [3.05, 3.63) is 47.2 Å². The fourth-order valence-corrected chi connectivity index (χ4v) is 3.01. The number of benzene rings is 1. The highest BCUT2D eigenvalue weighted by molar-refractivity contribution is 5.49. The van der Waals surface area contributed by atoms with Gasteiger partial charge >= 0.3 is 0 Å². The smallest absolute Gasteiger partial charge is 0.221 e. The largest absolute Gasteiger partial charge is 0.393 e.